The van der Waals surface area contributed by atoms with Gasteiger partial charge >= 0.3 is 5.76 Å². The summed E-state index contributed by atoms with van der Waals surface area (Å²) in [6.07, 6.45) is 10.0. The molecule has 4 heterocycles. The average Bonchev–Trinajstić information content (AvgIpc) is 3.59. The fourth-order valence-electron chi connectivity index (χ4n) is 5.57. The standard InChI is InChI=1S/C25H32N8O2S/c1-14(18-12-36-13-26-18)24-30-21-19(33(24)11-16-7-4-3-5-8-16)20(27-15(2)17-9-6-10-17)28-22(29-21)23-31-25(34)35-32-23/h12-17H,3-11H2,1-2H3,(H,27,28,29)(H,31,32,34). The quantitative estimate of drug-likeness (QED) is 0.342. The van der Waals surface area contributed by atoms with Gasteiger partial charge in [-0.1, -0.05) is 30.8 Å². The Hall–Kier alpha value is -3.08. The number of fused-ring (bicyclic) bond motifs is 1. The summed E-state index contributed by atoms with van der Waals surface area (Å²) >= 11 is 1.60. The molecular weight excluding hydrogens is 476 g/mol. The van der Waals surface area contributed by atoms with Gasteiger partial charge < -0.3 is 9.88 Å². The van der Waals surface area contributed by atoms with Crippen molar-refractivity contribution in [2.24, 2.45) is 11.8 Å². The van der Waals surface area contributed by atoms with Crippen LogP contribution in [0, 0.1) is 11.8 Å². The molecule has 0 saturated heterocycles. The van der Waals surface area contributed by atoms with E-state index in [1.807, 2.05) is 5.51 Å². The van der Waals surface area contributed by atoms with E-state index in [0.717, 1.165) is 29.4 Å². The van der Waals surface area contributed by atoms with Crippen LogP contribution in [0.5, 0.6) is 0 Å². The number of nitrogens with one attached hydrogen (secondary N) is 2. The molecule has 10 nitrogen and oxygen atoms in total. The lowest BCUT2D eigenvalue weighted by Crippen LogP contribution is -2.31. The number of aromatic amines is 1. The van der Waals surface area contributed by atoms with Crippen molar-refractivity contribution >= 4 is 28.3 Å². The smallest absolute Gasteiger partial charge is 0.365 e. The van der Waals surface area contributed by atoms with Crippen molar-refractivity contribution in [2.45, 2.75) is 83.7 Å². The highest BCUT2D eigenvalue weighted by atomic mass is 32.1. The molecule has 190 valence electrons. The van der Waals surface area contributed by atoms with Crippen LogP contribution in [-0.4, -0.2) is 40.7 Å². The second kappa shape index (κ2) is 9.76. The third kappa shape index (κ3) is 4.44. The maximum Gasteiger partial charge on any atom is 0.439 e. The zero-order chi connectivity index (χ0) is 24.6. The minimum atomic E-state index is -0.633. The summed E-state index contributed by atoms with van der Waals surface area (Å²) in [6.45, 7) is 5.26. The summed E-state index contributed by atoms with van der Waals surface area (Å²) in [6, 6.07) is 0.263. The van der Waals surface area contributed by atoms with Crippen molar-refractivity contribution < 1.29 is 4.52 Å². The van der Waals surface area contributed by atoms with E-state index in [2.05, 4.69) is 44.2 Å². The summed E-state index contributed by atoms with van der Waals surface area (Å²) in [7, 11) is 0. The van der Waals surface area contributed by atoms with Gasteiger partial charge in [0.1, 0.15) is 11.3 Å². The number of hydrogen-bond acceptors (Lipinski definition) is 9. The van der Waals surface area contributed by atoms with Crippen molar-refractivity contribution in [2.75, 3.05) is 5.32 Å². The Morgan fingerprint density at radius 1 is 1.14 bits per heavy atom. The van der Waals surface area contributed by atoms with Crippen molar-refractivity contribution in [3.63, 3.8) is 0 Å². The van der Waals surface area contributed by atoms with E-state index in [4.69, 9.17) is 19.5 Å². The zero-order valence-electron chi connectivity index (χ0n) is 20.7. The highest BCUT2D eigenvalue weighted by molar-refractivity contribution is 7.07. The van der Waals surface area contributed by atoms with Gasteiger partial charge in [-0.05, 0) is 51.4 Å². The largest absolute Gasteiger partial charge is 0.439 e. The Labute approximate surface area is 213 Å². The fourth-order valence-corrected chi connectivity index (χ4v) is 6.22. The number of thiazole rings is 1. The lowest BCUT2D eigenvalue weighted by molar-refractivity contribution is 0.285. The van der Waals surface area contributed by atoms with Crippen molar-refractivity contribution in [1.82, 2.24) is 34.6 Å². The van der Waals surface area contributed by atoms with E-state index in [0.29, 0.717) is 23.3 Å². The third-order valence-electron chi connectivity index (χ3n) is 7.95. The van der Waals surface area contributed by atoms with E-state index in [1.165, 1.54) is 51.4 Å². The fraction of sp³-hybridized carbons (Fsp3) is 0.600. The molecule has 6 rings (SSSR count). The third-order valence-corrected chi connectivity index (χ3v) is 8.56. The van der Waals surface area contributed by atoms with Gasteiger partial charge in [-0.3, -0.25) is 9.51 Å². The van der Waals surface area contributed by atoms with Crippen molar-refractivity contribution in [3.05, 3.63) is 33.0 Å². The number of imidazole rings is 1. The first-order valence-electron chi connectivity index (χ1n) is 13.1. The van der Waals surface area contributed by atoms with Gasteiger partial charge in [0, 0.05) is 18.0 Å². The highest BCUT2D eigenvalue weighted by Crippen LogP contribution is 2.36. The molecule has 0 amide bonds. The molecule has 2 unspecified atom stereocenters. The van der Waals surface area contributed by atoms with Crippen LogP contribution in [0.25, 0.3) is 22.8 Å². The molecule has 0 radical (unpaired) electrons. The first kappa shape index (κ1) is 23.3. The molecule has 4 aromatic heterocycles. The van der Waals surface area contributed by atoms with E-state index >= 15 is 0 Å². The zero-order valence-corrected chi connectivity index (χ0v) is 21.6. The number of rotatable bonds is 8. The van der Waals surface area contributed by atoms with Crippen LogP contribution in [0.1, 0.15) is 82.7 Å². The maximum absolute atomic E-state index is 11.6. The Bertz CT molecular complexity index is 1380. The molecule has 2 aliphatic carbocycles. The van der Waals surface area contributed by atoms with Crippen LogP contribution in [0.4, 0.5) is 5.82 Å². The number of nitrogens with zero attached hydrogens (tertiary/aromatic N) is 6. The van der Waals surface area contributed by atoms with E-state index in [1.54, 1.807) is 11.3 Å². The monoisotopic (exact) mass is 508 g/mol. The summed E-state index contributed by atoms with van der Waals surface area (Å²) in [4.78, 5) is 33.5. The Balaban J connectivity index is 1.51. The predicted octanol–water partition coefficient (Wildman–Crippen LogP) is 4.96. The second-order valence-electron chi connectivity index (χ2n) is 10.4. The molecular formula is C25H32N8O2S. The minimum absolute atomic E-state index is 0.0150. The lowest BCUT2D eigenvalue weighted by atomic mass is 9.80. The van der Waals surface area contributed by atoms with Crippen LogP contribution in [-0.2, 0) is 6.54 Å². The van der Waals surface area contributed by atoms with Crippen LogP contribution in [0.3, 0.4) is 0 Å². The van der Waals surface area contributed by atoms with E-state index in [-0.39, 0.29) is 17.8 Å². The molecule has 0 spiro atoms. The van der Waals surface area contributed by atoms with Crippen molar-refractivity contribution in [3.8, 4) is 11.6 Å². The normalized spacial score (nSPS) is 18.8. The lowest BCUT2D eigenvalue weighted by Gasteiger charge is -2.32. The van der Waals surface area contributed by atoms with Gasteiger partial charge in [0.05, 0.1) is 17.1 Å². The average molecular weight is 509 g/mol. The number of anilines is 1. The molecule has 0 bridgehead atoms. The maximum atomic E-state index is 11.6. The van der Waals surface area contributed by atoms with Crippen molar-refractivity contribution in [1.29, 1.82) is 0 Å². The summed E-state index contributed by atoms with van der Waals surface area (Å²) in [5.74, 6) is 2.78. The highest BCUT2D eigenvalue weighted by Gasteiger charge is 2.29. The molecule has 4 aromatic rings. The van der Waals surface area contributed by atoms with Crippen LogP contribution in [0.15, 0.2) is 20.2 Å². The molecule has 0 aromatic carbocycles. The molecule has 2 saturated carbocycles. The predicted molar refractivity (Wildman–Crippen MR) is 138 cm³/mol. The first-order chi connectivity index (χ1) is 17.6. The summed E-state index contributed by atoms with van der Waals surface area (Å²) in [5, 5.41) is 9.61. The molecule has 2 atom stereocenters. The van der Waals surface area contributed by atoms with E-state index in [9.17, 15) is 4.79 Å². The van der Waals surface area contributed by atoms with Crippen LogP contribution in [0.2, 0.25) is 0 Å². The van der Waals surface area contributed by atoms with E-state index < -0.39 is 5.76 Å². The second-order valence-corrected chi connectivity index (χ2v) is 11.1. The summed E-state index contributed by atoms with van der Waals surface area (Å²) < 4.78 is 7.07. The van der Waals surface area contributed by atoms with Gasteiger partial charge in [0.25, 0.3) is 0 Å². The molecule has 0 aliphatic heterocycles. The van der Waals surface area contributed by atoms with Gasteiger partial charge in [0.2, 0.25) is 11.6 Å². The van der Waals surface area contributed by atoms with Gasteiger partial charge in [0.15, 0.2) is 11.5 Å². The molecule has 11 heteroatoms. The Kier molecular flexibility index (Phi) is 6.32. The Morgan fingerprint density at radius 3 is 2.64 bits per heavy atom. The molecule has 36 heavy (non-hydrogen) atoms. The molecule has 2 aliphatic rings. The SMILES string of the molecule is CC(c1cscn1)c1nc2nc(-c3noc(=O)[nH]3)nc(NC(C)C3CCC3)c2n1CC1CCCCC1. The van der Waals surface area contributed by atoms with Gasteiger partial charge in [-0.25, -0.2) is 24.7 Å². The first-order valence-corrected chi connectivity index (χ1v) is 14.0. The summed E-state index contributed by atoms with van der Waals surface area (Å²) in [5.41, 5.74) is 4.39. The topological polar surface area (TPSA) is 127 Å². The minimum Gasteiger partial charge on any atom is -0.365 e. The molecule has 2 N–H and O–H groups in total. The number of hydrogen-bond donors (Lipinski definition) is 2. The Morgan fingerprint density at radius 2 is 1.97 bits per heavy atom. The van der Waals surface area contributed by atoms with Gasteiger partial charge in [-0.15, -0.1) is 11.3 Å². The van der Waals surface area contributed by atoms with Crippen LogP contribution < -0.4 is 11.1 Å². The van der Waals surface area contributed by atoms with Gasteiger partial charge in [-0.2, -0.15) is 0 Å². The van der Waals surface area contributed by atoms with Crippen LogP contribution >= 0.6 is 11.3 Å². The number of H-pyrrole nitrogens is 1. The molecule has 2 fully saturated rings. The number of aromatic nitrogens is 7.